The van der Waals surface area contributed by atoms with E-state index in [-0.39, 0.29) is 12.5 Å². The second-order valence-electron chi connectivity index (χ2n) is 19.0. The summed E-state index contributed by atoms with van der Waals surface area (Å²) >= 11 is 0. The molecule has 0 fully saturated rings. The Bertz CT molecular complexity index is 1400. The maximum Gasteiger partial charge on any atom is 0.220 e. The summed E-state index contributed by atoms with van der Waals surface area (Å²) in [5, 5.41) is 23.3. The van der Waals surface area contributed by atoms with E-state index >= 15 is 0 Å². The van der Waals surface area contributed by atoms with Gasteiger partial charge in [-0.2, -0.15) is 0 Å². The Morgan fingerprint density at radius 1 is 0.362 bits per heavy atom. The quantitative estimate of drug-likeness (QED) is 0.0420. The van der Waals surface area contributed by atoms with Crippen molar-refractivity contribution in [3.8, 4) is 0 Å². The zero-order valence-electron chi connectivity index (χ0n) is 45.0. The number of hydrogen-bond acceptors (Lipinski definition) is 3. The SMILES string of the molecule is CC/C=C\C/C=C\C/C=C\C/C=C\C/C=C\C/C=C\C/C=C\C/C=C\C/C=C\C/C=C\C/C=C\CCCCCCCCCC(=O)NC(CO)C(O)CCCCCCCCCCCCCCCCCC. The summed E-state index contributed by atoms with van der Waals surface area (Å²) in [4.78, 5) is 12.5. The maximum absolute atomic E-state index is 12.5. The van der Waals surface area contributed by atoms with E-state index in [2.05, 4.69) is 153 Å². The van der Waals surface area contributed by atoms with Gasteiger partial charge < -0.3 is 15.5 Å². The standard InChI is InChI=1S/C65H109NO3/c1-3-5-7-9-11-13-15-17-19-21-22-23-24-25-26-27-28-29-30-31-32-33-34-35-36-37-38-39-40-41-42-43-44-45-47-49-51-53-55-57-59-61-65(69)66-63(62-67)64(68)60-58-56-54-52-50-48-46-20-18-16-14-12-10-8-6-4-2/h5,7,11,13,17,19,22-23,25-26,28-29,31-32,34-35,37-38,40-41,43-44,63-64,67-68H,3-4,6,8-10,12,14-16,18,20-21,24,27,30,33,36,39,42,45-62H2,1-2H3,(H,66,69)/b7-5-,13-11-,19-17-,23-22-,26-25-,29-28-,32-31-,35-34-,38-37-,41-40-,44-43-. The van der Waals surface area contributed by atoms with Gasteiger partial charge >= 0.3 is 0 Å². The number of aliphatic hydroxyl groups excluding tert-OH is 2. The zero-order chi connectivity index (χ0) is 49.9. The fraction of sp³-hybridized carbons (Fsp3) is 0.646. The molecule has 4 nitrogen and oxygen atoms in total. The molecule has 4 heteroatoms. The fourth-order valence-corrected chi connectivity index (χ4v) is 8.07. The smallest absolute Gasteiger partial charge is 0.220 e. The van der Waals surface area contributed by atoms with Crippen molar-refractivity contribution in [2.75, 3.05) is 6.61 Å². The van der Waals surface area contributed by atoms with Crippen LogP contribution in [0.4, 0.5) is 0 Å². The van der Waals surface area contributed by atoms with Gasteiger partial charge in [0.25, 0.3) is 0 Å². The van der Waals surface area contributed by atoms with Gasteiger partial charge in [-0.1, -0.05) is 282 Å². The number of rotatable bonds is 51. The normalized spacial score (nSPS) is 13.9. The van der Waals surface area contributed by atoms with Crippen LogP contribution >= 0.6 is 0 Å². The lowest BCUT2D eigenvalue weighted by Crippen LogP contribution is -2.45. The molecule has 0 bridgehead atoms. The summed E-state index contributed by atoms with van der Waals surface area (Å²) in [5.74, 6) is -0.0469. The maximum atomic E-state index is 12.5. The summed E-state index contributed by atoms with van der Waals surface area (Å²) in [6.07, 6.45) is 91.4. The number of hydrogen-bond donors (Lipinski definition) is 3. The molecule has 3 N–H and O–H groups in total. The largest absolute Gasteiger partial charge is 0.394 e. The van der Waals surface area contributed by atoms with E-state index in [1.54, 1.807) is 0 Å². The molecule has 69 heavy (non-hydrogen) atoms. The summed E-state index contributed by atoms with van der Waals surface area (Å²) in [5.41, 5.74) is 0. The molecule has 0 radical (unpaired) electrons. The Kier molecular flexibility index (Phi) is 55.9. The van der Waals surface area contributed by atoms with Gasteiger partial charge in [0, 0.05) is 6.42 Å². The minimum atomic E-state index is -0.673. The average molecular weight is 953 g/mol. The molecule has 0 aromatic carbocycles. The topological polar surface area (TPSA) is 69.6 Å². The van der Waals surface area contributed by atoms with E-state index in [0.717, 1.165) is 109 Å². The Hall–Kier alpha value is -3.47. The van der Waals surface area contributed by atoms with Gasteiger partial charge in [0.1, 0.15) is 0 Å². The van der Waals surface area contributed by atoms with Crippen LogP contribution in [-0.2, 0) is 4.79 Å². The fourth-order valence-electron chi connectivity index (χ4n) is 8.07. The van der Waals surface area contributed by atoms with E-state index in [0.29, 0.717) is 12.8 Å². The molecular weight excluding hydrogens is 843 g/mol. The Morgan fingerprint density at radius 2 is 0.638 bits per heavy atom. The van der Waals surface area contributed by atoms with Crippen molar-refractivity contribution in [2.24, 2.45) is 0 Å². The molecule has 0 saturated carbocycles. The molecule has 0 aromatic rings. The average Bonchev–Trinajstić information content (AvgIpc) is 3.35. The van der Waals surface area contributed by atoms with Gasteiger partial charge in [-0.25, -0.2) is 0 Å². The molecule has 392 valence electrons. The van der Waals surface area contributed by atoms with Crippen LogP contribution in [0.3, 0.4) is 0 Å². The summed E-state index contributed by atoms with van der Waals surface area (Å²) in [7, 11) is 0. The van der Waals surface area contributed by atoms with Crippen molar-refractivity contribution in [1.82, 2.24) is 5.32 Å². The van der Waals surface area contributed by atoms with Gasteiger partial charge in [0.15, 0.2) is 0 Å². The number of carbonyl (C=O) groups is 1. The molecule has 0 aromatic heterocycles. The third-order valence-electron chi connectivity index (χ3n) is 12.4. The molecule has 1 amide bonds. The first-order chi connectivity index (χ1) is 34.2. The van der Waals surface area contributed by atoms with Crippen molar-refractivity contribution in [2.45, 2.75) is 264 Å². The number of unbranched alkanes of at least 4 members (excludes halogenated alkanes) is 22. The third kappa shape index (κ3) is 55.3. The van der Waals surface area contributed by atoms with Crippen molar-refractivity contribution < 1.29 is 15.0 Å². The Morgan fingerprint density at radius 3 is 0.957 bits per heavy atom. The summed E-state index contributed by atoms with van der Waals surface area (Å²) < 4.78 is 0. The first-order valence-electron chi connectivity index (χ1n) is 28.9. The molecule has 0 aliphatic rings. The van der Waals surface area contributed by atoms with Crippen LogP contribution in [-0.4, -0.2) is 34.9 Å². The highest BCUT2D eigenvalue weighted by Crippen LogP contribution is 2.16. The first kappa shape index (κ1) is 65.5. The third-order valence-corrected chi connectivity index (χ3v) is 12.4. The van der Waals surface area contributed by atoms with Crippen molar-refractivity contribution in [1.29, 1.82) is 0 Å². The first-order valence-corrected chi connectivity index (χ1v) is 28.9. The summed E-state index contributed by atoms with van der Waals surface area (Å²) in [6, 6.07) is -0.551. The molecule has 2 atom stereocenters. The van der Waals surface area contributed by atoms with E-state index in [1.165, 1.54) is 116 Å². The number of aliphatic hydroxyl groups is 2. The predicted octanol–water partition coefficient (Wildman–Crippen LogP) is 19.4. The number of carbonyl (C=O) groups excluding carboxylic acids is 1. The molecule has 0 aliphatic heterocycles. The lowest BCUT2D eigenvalue weighted by Gasteiger charge is -2.22. The van der Waals surface area contributed by atoms with Crippen molar-refractivity contribution in [3.05, 3.63) is 134 Å². The molecular formula is C65H109NO3. The van der Waals surface area contributed by atoms with Crippen LogP contribution < -0.4 is 5.32 Å². The van der Waals surface area contributed by atoms with E-state index in [9.17, 15) is 15.0 Å². The lowest BCUT2D eigenvalue weighted by molar-refractivity contribution is -0.123. The van der Waals surface area contributed by atoms with Gasteiger partial charge in [-0.05, 0) is 96.3 Å². The van der Waals surface area contributed by atoms with Crippen LogP contribution in [0.25, 0.3) is 0 Å². The van der Waals surface area contributed by atoms with Crippen LogP contribution in [0, 0.1) is 0 Å². The van der Waals surface area contributed by atoms with Crippen LogP contribution in [0.15, 0.2) is 134 Å². The molecule has 2 unspecified atom stereocenters. The van der Waals surface area contributed by atoms with E-state index in [4.69, 9.17) is 0 Å². The molecule has 0 spiro atoms. The highest BCUT2D eigenvalue weighted by atomic mass is 16.3. The predicted molar refractivity (Wildman–Crippen MR) is 308 cm³/mol. The van der Waals surface area contributed by atoms with E-state index < -0.39 is 12.1 Å². The highest BCUT2D eigenvalue weighted by Gasteiger charge is 2.20. The lowest BCUT2D eigenvalue weighted by atomic mass is 10.0. The molecule has 0 saturated heterocycles. The van der Waals surface area contributed by atoms with Gasteiger partial charge in [0.05, 0.1) is 18.8 Å². The minimum Gasteiger partial charge on any atom is -0.394 e. The number of amides is 1. The van der Waals surface area contributed by atoms with Gasteiger partial charge in [-0.15, -0.1) is 0 Å². The zero-order valence-corrected chi connectivity index (χ0v) is 45.0. The Labute approximate surface area is 428 Å². The highest BCUT2D eigenvalue weighted by molar-refractivity contribution is 5.76. The van der Waals surface area contributed by atoms with Gasteiger partial charge in [0.2, 0.25) is 5.91 Å². The van der Waals surface area contributed by atoms with Crippen LogP contribution in [0.5, 0.6) is 0 Å². The van der Waals surface area contributed by atoms with Gasteiger partial charge in [-0.3, -0.25) is 4.79 Å². The summed E-state index contributed by atoms with van der Waals surface area (Å²) in [6.45, 7) is 4.24. The monoisotopic (exact) mass is 952 g/mol. The minimum absolute atomic E-state index is 0.0469. The van der Waals surface area contributed by atoms with E-state index in [1.807, 2.05) is 0 Å². The molecule has 0 rings (SSSR count). The Balaban J connectivity index is 3.63. The van der Waals surface area contributed by atoms with Crippen LogP contribution in [0.1, 0.15) is 251 Å². The number of allylic oxidation sites excluding steroid dienone is 22. The molecule has 0 aliphatic carbocycles. The van der Waals surface area contributed by atoms with Crippen LogP contribution in [0.2, 0.25) is 0 Å². The second-order valence-corrected chi connectivity index (χ2v) is 19.0. The van der Waals surface area contributed by atoms with Crippen molar-refractivity contribution >= 4 is 5.91 Å². The molecule has 0 heterocycles. The number of nitrogens with one attached hydrogen (secondary N) is 1. The second kappa shape index (κ2) is 58.8. The van der Waals surface area contributed by atoms with Crippen molar-refractivity contribution in [3.63, 3.8) is 0 Å².